The number of nitrogens with one attached hydrogen (secondary N) is 2. The van der Waals surface area contributed by atoms with Gasteiger partial charge in [0.2, 0.25) is 11.8 Å². The maximum Gasteiger partial charge on any atom is 0.251 e. The summed E-state index contributed by atoms with van der Waals surface area (Å²) in [6, 6.07) is 10.3. The first kappa shape index (κ1) is 19.9. The van der Waals surface area contributed by atoms with Crippen LogP contribution in [0.3, 0.4) is 0 Å². The minimum absolute atomic E-state index is 0.205. The first-order chi connectivity index (χ1) is 13.5. The average Bonchev–Trinajstić information content (AvgIpc) is 3.20. The lowest BCUT2D eigenvalue weighted by molar-refractivity contribution is -0.122. The van der Waals surface area contributed by atoms with E-state index in [0.29, 0.717) is 18.0 Å². The lowest BCUT2D eigenvalue weighted by Crippen LogP contribution is -2.44. The van der Waals surface area contributed by atoms with E-state index < -0.39 is 6.04 Å². The summed E-state index contributed by atoms with van der Waals surface area (Å²) < 4.78 is 6.00. The van der Waals surface area contributed by atoms with Gasteiger partial charge in [0.05, 0.1) is 0 Å². The minimum atomic E-state index is -0.649. The molecule has 6 nitrogen and oxygen atoms in total. The Morgan fingerprint density at radius 1 is 1.21 bits per heavy atom. The highest BCUT2D eigenvalue weighted by molar-refractivity contribution is 5.97. The monoisotopic (exact) mass is 381 g/mol. The van der Waals surface area contributed by atoms with Crippen molar-refractivity contribution in [3.05, 3.63) is 59.3 Å². The predicted octanol–water partition coefficient (Wildman–Crippen LogP) is 3.15. The van der Waals surface area contributed by atoms with E-state index in [9.17, 15) is 9.59 Å². The van der Waals surface area contributed by atoms with E-state index in [1.54, 1.807) is 25.3 Å². The van der Waals surface area contributed by atoms with Crippen molar-refractivity contribution in [1.82, 2.24) is 15.6 Å². The number of carbonyl (C=O) groups is 2. The van der Waals surface area contributed by atoms with Gasteiger partial charge in [-0.3, -0.25) is 9.59 Å². The van der Waals surface area contributed by atoms with E-state index in [2.05, 4.69) is 15.6 Å². The summed E-state index contributed by atoms with van der Waals surface area (Å²) in [6.45, 7) is 3.90. The molecule has 3 rings (SSSR count). The Labute approximate surface area is 165 Å². The fraction of sp³-hybridized carbons (Fsp3) is 0.409. The zero-order valence-corrected chi connectivity index (χ0v) is 16.4. The van der Waals surface area contributed by atoms with E-state index in [1.807, 2.05) is 31.2 Å². The zero-order chi connectivity index (χ0) is 19.9. The van der Waals surface area contributed by atoms with E-state index in [0.717, 1.165) is 24.0 Å². The largest absolute Gasteiger partial charge is 0.474 e. The Kier molecular flexibility index (Phi) is 6.63. The molecule has 1 aliphatic rings. The Morgan fingerprint density at radius 2 is 2.00 bits per heavy atom. The number of ether oxygens (including phenoxy) is 1. The van der Waals surface area contributed by atoms with Gasteiger partial charge in [-0.1, -0.05) is 23.8 Å². The molecule has 1 fully saturated rings. The van der Waals surface area contributed by atoms with Gasteiger partial charge in [-0.2, -0.15) is 0 Å². The lowest BCUT2D eigenvalue weighted by Gasteiger charge is -2.17. The molecule has 1 saturated carbocycles. The standard InChI is InChI=1S/C22H27N3O3/c1-15-7-5-8-17(13-15)21(27)25-16(2)20(26)24-14-18-9-6-12-23-22(18)28-19-10-3-4-11-19/h5-9,12-13,16,19H,3-4,10-11,14H2,1-2H3,(H,24,26)(H,25,27)/t16-/m0/s1. The molecule has 0 radical (unpaired) electrons. The third-order valence-corrected chi connectivity index (χ3v) is 4.90. The van der Waals surface area contributed by atoms with Gasteiger partial charge in [-0.15, -0.1) is 0 Å². The van der Waals surface area contributed by atoms with E-state index in [1.165, 1.54) is 12.8 Å². The maximum absolute atomic E-state index is 12.4. The van der Waals surface area contributed by atoms with Crippen molar-refractivity contribution in [1.29, 1.82) is 0 Å². The predicted molar refractivity (Wildman–Crippen MR) is 107 cm³/mol. The molecular weight excluding hydrogens is 354 g/mol. The molecule has 0 saturated heterocycles. The van der Waals surface area contributed by atoms with Crippen molar-refractivity contribution in [3.8, 4) is 5.88 Å². The second-order valence-electron chi connectivity index (χ2n) is 7.27. The molecule has 28 heavy (non-hydrogen) atoms. The molecule has 1 aromatic heterocycles. The van der Waals surface area contributed by atoms with Crippen molar-refractivity contribution in [3.63, 3.8) is 0 Å². The Balaban J connectivity index is 1.54. The number of aromatic nitrogens is 1. The number of rotatable bonds is 7. The van der Waals surface area contributed by atoms with Crippen LogP contribution in [0.4, 0.5) is 0 Å². The van der Waals surface area contributed by atoms with Crippen molar-refractivity contribution in [2.45, 2.75) is 58.2 Å². The smallest absolute Gasteiger partial charge is 0.251 e. The van der Waals surface area contributed by atoms with Crippen LogP contribution >= 0.6 is 0 Å². The molecule has 0 spiro atoms. The molecular formula is C22H27N3O3. The summed E-state index contributed by atoms with van der Waals surface area (Å²) in [5, 5.41) is 5.59. The number of hydrogen-bond donors (Lipinski definition) is 2. The maximum atomic E-state index is 12.4. The van der Waals surface area contributed by atoms with Crippen LogP contribution in [0.15, 0.2) is 42.6 Å². The van der Waals surface area contributed by atoms with E-state index in [4.69, 9.17) is 4.74 Å². The zero-order valence-electron chi connectivity index (χ0n) is 16.4. The van der Waals surface area contributed by atoms with Gasteiger partial charge in [-0.05, 0) is 57.7 Å². The average molecular weight is 381 g/mol. The number of pyridine rings is 1. The van der Waals surface area contributed by atoms with Gasteiger partial charge in [-0.25, -0.2) is 4.98 Å². The van der Waals surface area contributed by atoms with Crippen LogP contribution < -0.4 is 15.4 Å². The van der Waals surface area contributed by atoms with Crippen molar-refractivity contribution < 1.29 is 14.3 Å². The summed E-state index contributed by atoms with van der Waals surface area (Å²) in [7, 11) is 0. The third-order valence-electron chi connectivity index (χ3n) is 4.90. The van der Waals surface area contributed by atoms with Gasteiger partial charge >= 0.3 is 0 Å². The van der Waals surface area contributed by atoms with Crippen LogP contribution in [0.5, 0.6) is 5.88 Å². The molecule has 0 aliphatic heterocycles. The molecule has 0 unspecified atom stereocenters. The molecule has 1 heterocycles. The summed E-state index contributed by atoms with van der Waals surface area (Å²) in [5.74, 6) is 0.0563. The molecule has 1 atom stereocenters. The Bertz CT molecular complexity index is 831. The van der Waals surface area contributed by atoms with Crippen LogP contribution in [0.2, 0.25) is 0 Å². The van der Waals surface area contributed by atoms with Gasteiger partial charge in [0.1, 0.15) is 12.1 Å². The van der Waals surface area contributed by atoms with Crippen molar-refractivity contribution in [2.24, 2.45) is 0 Å². The molecule has 0 bridgehead atoms. The first-order valence-corrected chi connectivity index (χ1v) is 9.78. The highest BCUT2D eigenvalue weighted by atomic mass is 16.5. The molecule has 2 aromatic rings. The number of aryl methyl sites for hydroxylation is 1. The van der Waals surface area contributed by atoms with Crippen LogP contribution in [0.25, 0.3) is 0 Å². The van der Waals surface area contributed by atoms with Gasteiger partial charge in [0.25, 0.3) is 5.91 Å². The quantitative estimate of drug-likeness (QED) is 0.772. The van der Waals surface area contributed by atoms with Gasteiger partial charge in [0.15, 0.2) is 0 Å². The summed E-state index contributed by atoms with van der Waals surface area (Å²) in [4.78, 5) is 29.0. The van der Waals surface area contributed by atoms with Crippen LogP contribution in [0, 0.1) is 6.92 Å². The van der Waals surface area contributed by atoms with E-state index in [-0.39, 0.29) is 17.9 Å². The number of benzene rings is 1. The fourth-order valence-electron chi connectivity index (χ4n) is 3.30. The number of hydrogen-bond acceptors (Lipinski definition) is 4. The normalized spacial score (nSPS) is 15.1. The van der Waals surface area contributed by atoms with Crippen molar-refractivity contribution in [2.75, 3.05) is 0 Å². The van der Waals surface area contributed by atoms with Crippen LogP contribution in [-0.2, 0) is 11.3 Å². The number of nitrogens with zero attached hydrogens (tertiary/aromatic N) is 1. The number of carbonyl (C=O) groups excluding carboxylic acids is 2. The topological polar surface area (TPSA) is 80.3 Å². The van der Waals surface area contributed by atoms with Gasteiger partial charge in [0, 0.05) is 23.9 Å². The van der Waals surface area contributed by atoms with Gasteiger partial charge < -0.3 is 15.4 Å². The SMILES string of the molecule is Cc1cccc(C(=O)N[C@@H](C)C(=O)NCc2cccnc2OC2CCCC2)c1. The first-order valence-electron chi connectivity index (χ1n) is 9.78. The summed E-state index contributed by atoms with van der Waals surface area (Å²) in [6.07, 6.45) is 6.36. The minimum Gasteiger partial charge on any atom is -0.474 e. The Hall–Kier alpha value is -2.89. The van der Waals surface area contributed by atoms with Crippen molar-refractivity contribution >= 4 is 11.8 Å². The molecule has 1 aromatic carbocycles. The molecule has 1 aliphatic carbocycles. The van der Waals surface area contributed by atoms with E-state index >= 15 is 0 Å². The highest BCUT2D eigenvalue weighted by Crippen LogP contribution is 2.24. The highest BCUT2D eigenvalue weighted by Gasteiger charge is 2.20. The molecule has 6 heteroatoms. The molecule has 2 N–H and O–H groups in total. The fourth-order valence-corrected chi connectivity index (χ4v) is 3.30. The second kappa shape index (κ2) is 9.35. The third kappa shape index (κ3) is 5.31. The molecule has 148 valence electrons. The number of amides is 2. The summed E-state index contributed by atoms with van der Waals surface area (Å²) >= 11 is 0. The Morgan fingerprint density at radius 3 is 2.75 bits per heavy atom. The molecule has 2 amide bonds. The van der Waals surface area contributed by atoms with Crippen LogP contribution in [0.1, 0.15) is 54.1 Å². The second-order valence-corrected chi connectivity index (χ2v) is 7.27. The lowest BCUT2D eigenvalue weighted by atomic mass is 10.1. The van der Waals surface area contributed by atoms with Crippen LogP contribution in [-0.4, -0.2) is 28.9 Å². The summed E-state index contributed by atoms with van der Waals surface area (Å²) in [5.41, 5.74) is 2.37.